The average Bonchev–Trinajstić information content (AvgIpc) is 2.29. The second-order valence-electron chi connectivity index (χ2n) is 6.33. The van der Waals surface area contributed by atoms with Crippen molar-refractivity contribution in [3.63, 3.8) is 0 Å². The van der Waals surface area contributed by atoms with Crippen molar-refractivity contribution in [1.82, 2.24) is 4.90 Å². The number of piperidine rings is 1. The highest BCUT2D eigenvalue weighted by Gasteiger charge is 2.28. The Morgan fingerprint density at radius 3 is 2.28 bits per heavy atom. The van der Waals surface area contributed by atoms with E-state index in [0.29, 0.717) is 17.4 Å². The van der Waals surface area contributed by atoms with Crippen LogP contribution in [0.1, 0.15) is 47.0 Å². The molecular weight excluding hydrogens is 226 g/mol. The van der Waals surface area contributed by atoms with Crippen molar-refractivity contribution in [2.24, 2.45) is 11.3 Å². The molecule has 0 amide bonds. The molecule has 0 atom stereocenters. The summed E-state index contributed by atoms with van der Waals surface area (Å²) in [6, 6.07) is 0. The summed E-state index contributed by atoms with van der Waals surface area (Å²) in [5.74, 6) is 0.0185. The van der Waals surface area contributed by atoms with Crippen LogP contribution in [-0.4, -0.2) is 35.6 Å². The van der Waals surface area contributed by atoms with Crippen LogP contribution in [0.3, 0.4) is 0 Å². The lowest BCUT2D eigenvalue weighted by atomic mass is 9.75. The Labute approximate surface area is 111 Å². The average molecular weight is 253 g/mol. The van der Waals surface area contributed by atoms with Crippen molar-refractivity contribution in [3.8, 4) is 0 Å². The Hall–Kier alpha value is -0.830. The Balaban J connectivity index is 2.43. The third kappa shape index (κ3) is 4.45. The summed E-state index contributed by atoms with van der Waals surface area (Å²) < 4.78 is 0. The number of carboxylic acid groups (broad SMARTS) is 1. The van der Waals surface area contributed by atoms with Crippen LogP contribution in [0, 0.1) is 11.3 Å². The van der Waals surface area contributed by atoms with E-state index in [1.165, 1.54) is 12.8 Å². The summed E-state index contributed by atoms with van der Waals surface area (Å²) in [7, 11) is 0. The highest BCUT2D eigenvalue weighted by Crippen LogP contribution is 2.34. The molecule has 1 aliphatic heterocycles. The summed E-state index contributed by atoms with van der Waals surface area (Å²) in [5.41, 5.74) is 0.936. The minimum absolute atomic E-state index is 0.400. The smallest absolute Gasteiger partial charge is 0.331 e. The van der Waals surface area contributed by atoms with E-state index in [2.05, 4.69) is 25.7 Å². The fraction of sp³-hybridized carbons (Fsp3) is 0.800. The first-order valence-electron chi connectivity index (χ1n) is 6.99. The Morgan fingerprint density at radius 1 is 1.33 bits per heavy atom. The number of nitrogens with zero attached hydrogens (tertiary/aromatic N) is 1. The molecule has 0 aromatic rings. The van der Waals surface area contributed by atoms with E-state index in [1.807, 2.05) is 13.0 Å². The maximum Gasteiger partial charge on any atom is 0.331 e. The van der Waals surface area contributed by atoms with E-state index in [9.17, 15) is 4.79 Å². The van der Waals surface area contributed by atoms with Gasteiger partial charge >= 0.3 is 5.97 Å². The lowest BCUT2D eigenvalue weighted by molar-refractivity contribution is -0.132. The van der Waals surface area contributed by atoms with Gasteiger partial charge in [0, 0.05) is 12.1 Å². The molecule has 3 nitrogen and oxygen atoms in total. The SMILES string of the molecule is CCC(=CCN1CCC(C(C)(C)C)CC1)C(=O)O. The van der Waals surface area contributed by atoms with Crippen molar-refractivity contribution in [3.05, 3.63) is 11.6 Å². The summed E-state index contributed by atoms with van der Waals surface area (Å²) in [6.07, 6.45) is 4.94. The molecule has 1 N–H and O–H groups in total. The minimum Gasteiger partial charge on any atom is -0.478 e. The highest BCUT2D eigenvalue weighted by molar-refractivity contribution is 5.86. The zero-order valence-corrected chi connectivity index (χ0v) is 12.2. The van der Waals surface area contributed by atoms with Gasteiger partial charge in [-0.15, -0.1) is 0 Å². The molecule has 0 unspecified atom stereocenters. The maximum absolute atomic E-state index is 10.9. The number of hydrogen-bond donors (Lipinski definition) is 1. The lowest BCUT2D eigenvalue weighted by Crippen LogP contribution is -2.38. The van der Waals surface area contributed by atoms with E-state index in [1.54, 1.807) is 0 Å². The van der Waals surface area contributed by atoms with Crippen molar-refractivity contribution < 1.29 is 9.90 Å². The molecule has 1 fully saturated rings. The number of carbonyl (C=O) groups is 1. The van der Waals surface area contributed by atoms with Crippen molar-refractivity contribution in [2.75, 3.05) is 19.6 Å². The topological polar surface area (TPSA) is 40.5 Å². The number of hydrogen-bond acceptors (Lipinski definition) is 2. The molecule has 1 saturated heterocycles. The van der Waals surface area contributed by atoms with Gasteiger partial charge in [0.1, 0.15) is 0 Å². The molecule has 1 aliphatic rings. The molecule has 1 heterocycles. The monoisotopic (exact) mass is 253 g/mol. The van der Waals surface area contributed by atoms with Gasteiger partial charge in [-0.1, -0.05) is 33.8 Å². The van der Waals surface area contributed by atoms with Crippen LogP contribution in [0.25, 0.3) is 0 Å². The Kier molecular flexibility index (Phi) is 5.39. The fourth-order valence-electron chi connectivity index (χ4n) is 2.60. The Morgan fingerprint density at radius 2 is 1.89 bits per heavy atom. The molecule has 0 aromatic carbocycles. The zero-order valence-electron chi connectivity index (χ0n) is 12.2. The second kappa shape index (κ2) is 6.37. The first-order valence-corrected chi connectivity index (χ1v) is 6.99. The number of aliphatic carboxylic acids is 1. The van der Waals surface area contributed by atoms with E-state index in [-0.39, 0.29) is 0 Å². The van der Waals surface area contributed by atoms with Gasteiger partial charge in [0.2, 0.25) is 0 Å². The van der Waals surface area contributed by atoms with Crippen LogP contribution < -0.4 is 0 Å². The molecule has 0 spiro atoms. The summed E-state index contributed by atoms with van der Waals surface area (Å²) in [4.78, 5) is 13.3. The summed E-state index contributed by atoms with van der Waals surface area (Å²) >= 11 is 0. The van der Waals surface area contributed by atoms with Crippen molar-refractivity contribution in [1.29, 1.82) is 0 Å². The number of likely N-dealkylation sites (tertiary alicyclic amines) is 1. The molecule has 0 radical (unpaired) electrons. The van der Waals surface area contributed by atoms with Crippen LogP contribution in [0.15, 0.2) is 11.6 Å². The van der Waals surface area contributed by atoms with Crippen LogP contribution in [0.2, 0.25) is 0 Å². The molecule has 0 bridgehead atoms. The third-order valence-corrected chi connectivity index (χ3v) is 4.06. The molecule has 0 saturated carbocycles. The van der Waals surface area contributed by atoms with E-state index < -0.39 is 5.97 Å². The molecule has 3 heteroatoms. The number of carboxylic acids is 1. The lowest BCUT2D eigenvalue weighted by Gasteiger charge is -2.38. The standard InChI is InChI=1S/C15H27NO2/c1-5-12(14(17)18)6-9-16-10-7-13(8-11-16)15(2,3)4/h6,13H,5,7-11H2,1-4H3,(H,17,18). The van der Waals surface area contributed by atoms with Gasteiger partial charge in [-0.05, 0) is 43.7 Å². The molecule has 0 aromatic heterocycles. The van der Waals surface area contributed by atoms with Crippen LogP contribution >= 0.6 is 0 Å². The first-order chi connectivity index (χ1) is 8.34. The largest absolute Gasteiger partial charge is 0.478 e. The second-order valence-corrected chi connectivity index (χ2v) is 6.33. The highest BCUT2D eigenvalue weighted by atomic mass is 16.4. The van der Waals surface area contributed by atoms with E-state index >= 15 is 0 Å². The first kappa shape index (κ1) is 15.2. The van der Waals surface area contributed by atoms with Crippen molar-refractivity contribution in [2.45, 2.75) is 47.0 Å². The Bertz CT molecular complexity index is 307. The van der Waals surface area contributed by atoms with Gasteiger partial charge in [-0.2, -0.15) is 0 Å². The minimum atomic E-state index is -0.776. The molecule has 1 rings (SSSR count). The third-order valence-electron chi connectivity index (χ3n) is 4.06. The van der Waals surface area contributed by atoms with Crippen molar-refractivity contribution >= 4 is 5.97 Å². The van der Waals surface area contributed by atoms with Gasteiger partial charge in [0.15, 0.2) is 0 Å². The maximum atomic E-state index is 10.9. The van der Waals surface area contributed by atoms with E-state index in [4.69, 9.17) is 5.11 Å². The van der Waals surface area contributed by atoms with Gasteiger partial charge in [-0.25, -0.2) is 4.79 Å². The van der Waals surface area contributed by atoms with Crippen LogP contribution in [0.5, 0.6) is 0 Å². The predicted octanol–water partition coefficient (Wildman–Crippen LogP) is 3.17. The molecule has 0 aliphatic carbocycles. The van der Waals surface area contributed by atoms with Crippen LogP contribution in [0.4, 0.5) is 0 Å². The number of rotatable bonds is 4. The van der Waals surface area contributed by atoms with Gasteiger partial charge in [0.05, 0.1) is 0 Å². The predicted molar refractivity (Wildman–Crippen MR) is 74.6 cm³/mol. The quantitative estimate of drug-likeness (QED) is 0.782. The van der Waals surface area contributed by atoms with E-state index in [0.717, 1.165) is 25.6 Å². The summed E-state index contributed by atoms with van der Waals surface area (Å²) in [5, 5.41) is 8.96. The van der Waals surface area contributed by atoms with Gasteiger partial charge < -0.3 is 5.11 Å². The van der Waals surface area contributed by atoms with Crippen LogP contribution in [-0.2, 0) is 4.79 Å². The van der Waals surface area contributed by atoms with Gasteiger partial charge in [-0.3, -0.25) is 4.90 Å². The molecule has 18 heavy (non-hydrogen) atoms. The summed E-state index contributed by atoms with van der Waals surface area (Å²) in [6.45, 7) is 11.8. The molecular formula is C15H27NO2. The zero-order chi connectivity index (χ0) is 13.8. The molecule has 104 valence electrons. The normalized spacial score (nSPS) is 20.1. The van der Waals surface area contributed by atoms with Gasteiger partial charge in [0.25, 0.3) is 0 Å². The fourth-order valence-corrected chi connectivity index (χ4v) is 2.60.